The maximum Gasteiger partial charge on any atom is 0.367 e. The molecule has 0 spiro atoms. The summed E-state index contributed by atoms with van der Waals surface area (Å²) in [5.41, 5.74) is 2.27. The van der Waals surface area contributed by atoms with Gasteiger partial charge in [0.05, 0.1) is 0 Å². The number of aryl methyl sites for hydroxylation is 1. The Morgan fingerprint density at radius 1 is 1.12 bits per heavy atom. The van der Waals surface area contributed by atoms with Gasteiger partial charge in [-0.1, -0.05) is 48.0 Å². The smallest absolute Gasteiger partial charge is 0.273 e. The van der Waals surface area contributed by atoms with Crippen molar-refractivity contribution in [1.29, 1.82) is 0 Å². The third-order valence-electron chi connectivity index (χ3n) is 3.89. The first kappa shape index (κ1) is 16.5. The van der Waals surface area contributed by atoms with Gasteiger partial charge in [0, 0.05) is 5.56 Å². The van der Waals surface area contributed by atoms with Crippen LogP contribution in [0.2, 0.25) is 0 Å². The van der Waals surface area contributed by atoms with Crippen LogP contribution >= 0.6 is 0 Å². The highest BCUT2D eigenvalue weighted by Crippen LogP contribution is 2.09. The van der Waals surface area contributed by atoms with E-state index in [0.717, 1.165) is 12.1 Å². The summed E-state index contributed by atoms with van der Waals surface area (Å²) in [6.07, 6.45) is 0. The molecule has 1 heterocycles. The molecular formula is C17H22N4O2S+2. The molecule has 0 saturated heterocycles. The highest BCUT2D eigenvalue weighted by atomic mass is 32.2. The minimum Gasteiger partial charge on any atom is -0.273 e. The minimum absolute atomic E-state index is 0.253. The van der Waals surface area contributed by atoms with E-state index >= 15 is 0 Å². The van der Waals surface area contributed by atoms with E-state index in [1.165, 1.54) is 10.5 Å². The van der Waals surface area contributed by atoms with Gasteiger partial charge >= 0.3 is 16.0 Å². The predicted octanol–water partition coefficient (Wildman–Crippen LogP) is -1.69. The number of rotatable bonds is 4. The number of nitrogens with one attached hydrogen (secondary N) is 4. The molecule has 7 heteroatoms. The van der Waals surface area contributed by atoms with Crippen LogP contribution in [0.1, 0.15) is 11.1 Å². The van der Waals surface area contributed by atoms with Gasteiger partial charge in [-0.2, -0.15) is 13.1 Å². The van der Waals surface area contributed by atoms with Crippen molar-refractivity contribution in [3.63, 3.8) is 0 Å². The van der Waals surface area contributed by atoms with E-state index in [2.05, 4.69) is 27.2 Å². The fourth-order valence-corrected chi connectivity index (χ4v) is 3.57. The molecule has 0 saturated carbocycles. The Labute approximate surface area is 142 Å². The number of hydrogen-bond acceptors (Lipinski definition) is 3. The van der Waals surface area contributed by atoms with Crippen molar-refractivity contribution in [2.24, 2.45) is 0 Å². The zero-order chi connectivity index (χ0) is 17.0. The largest absolute Gasteiger partial charge is 0.367 e. The third-order valence-corrected chi connectivity index (χ3v) is 5.26. The standard InChI is InChI=1S/C17H20N4O2S/c1-14-7-9-16(10-8-14)24(22,23)20-17-18-12-21(13-19-17)11-15-5-3-2-4-6-15/h2-10H,11-13H2,1H3,(H2,18,19,20)/p+2. The van der Waals surface area contributed by atoms with Crippen LogP contribution < -0.4 is 19.9 Å². The molecule has 126 valence electrons. The van der Waals surface area contributed by atoms with E-state index in [9.17, 15) is 8.42 Å². The molecule has 4 N–H and O–H groups in total. The minimum atomic E-state index is -3.57. The zero-order valence-corrected chi connectivity index (χ0v) is 14.4. The summed E-state index contributed by atoms with van der Waals surface area (Å²) < 4.78 is 27.3. The summed E-state index contributed by atoms with van der Waals surface area (Å²) >= 11 is 0. The number of quaternary nitrogens is 1. The Bertz CT molecular complexity index is 817. The molecule has 1 aliphatic heterocycles. The van der Waals surface area contributed by atoms with Gasteiger partial charge in [0.15, 0.2) is 13.3 Å². The van der Waals surface area contributed by atoms with E-state index < -0.39 is 10.0 Å². The van der Waals surface area contributed by atoms with Gasteiger partial charge in [-0.25, -0.2) is 10.3 Å². The van der Waals surface area contributed by atoms with Gasteiger partial charge in [0.2, 0.25) is 0 Å². The second-order valence-electron chi connectivity index (χ2n) is 5.91. The Kier molecular flexibility index (Phi) is 4.82. The maximum absolute atomic E-state index is 12.4. The van der Waals surface area contributed by atoms with E-state index in [-0.39, 0.29) is 4.90 Å². The van der Waals surface area contributed by atoms with Crippen LogP contribution in [0.25, 0.3) is 0 Å². The second kappa shape index (κ2) is 7.02. The molecule has 0 radical (unpaired) electrons. The summed E-state index contributed by atoms with van der Waals surface area (Å²) in [5.74, 6) is 0.424. The molecule has 0 bridgehead atoms. The van der Waals surface area contributed by atoms with Crippen molar-refractivity contribution in [2.45, 2.75) is 18.4 Å². The molecular weight excluding hydrogens is 324 g/mol. The topological polar surface area (TPSA) is 76.6 Å². The van der Waals surface area contributed by atoms with Gasteiger partial charge in [0.25, 0.3) is 0 Å². The molecule has 1 unspecified atom stereocenters. The maximum atomic E-state index is 12.4. The first-order valence-electron chi connectivity index (χ1n) is 7.84. The molecule has 1 atom stereocenters. The predicted molar refractivity (Wildman–Crippen MR) is 91.4 cm³/mol. The highest BCUT2D eigenvalue weighted by molar-refractivity contribution is 7.90. The van der Waals surface area contributed by atoms with Gasteiger partial charge < -0.3 is 0 Å². The molecule has 3 rings (SSSR count). The molecule has 1 aliphatic rings. The third kappa shape index (κ3) is 4.12. The summed E-state index contributed by atoms with van der Waals surface area (Å²) in [6.45, 7) is 4.09. The van der Waals surface area contributed by atoms with Crippen molar-refractivity contribution < 1.29 is 18.3 Å². The summed E-state index contributed by atoms with van der Waals surface area (Å²) in [6, 6.07) is 17.0. The normalized spacial score (nSPS) is 17.7. The van der Waals surface area contributed by atoms with Crippen LogP contribution in [0, 0.1) is 6.92 Å². The molecule has 2 aromatic carbocycles. The van der Waals surface area contributed by atoms with E-state index in [1.807, 2.05) is 25.1 Å². The molecule has 0 aromatic heterocycles. The molecule has 6 nitrogen and oxygen atoms in total. The molecule has 2 aromatic rings. The van der Waals surface area contributed by atoms with Crippen LogP contribution in [0.4, 0.5) is 0 Å². The fourth-order valence-electron chi connectivity index (χ4n) is 2.54. The van der Waals surface area contributed by atoms with Crippen LogP contribution in [-0.2, 0) is 16.6 Å². The molecule has 24 heavy (non-hydrogen) atoms. The lowest BCUT2D eigenvalue weighted by Crippen LogP contribution is -3.23. The van der Waals surface area contributed by atoms with Gasteiger partial charge in [-0.05, 0) is 19.1 Å². The van der Waals surface area contributed by atoms with E-state index in [0.29, 0.717) is 19.3 Å². The summed E-state index contributed by atoms with van der Waals surface area (Å²) in [5, 5.41) is 3.10. The average Bonchev–Trinajstić information content (AvgIpc) is 2.58. The van der Waals surface area contributed by atoms with Crippen LogP contribution in [0.15, 0.2) is 59.5 Å². The van der Waals surface area contributed by atoms with Crippen molar-refractivity contribution in [3.8, 4) is 0 Å². The lowest BCUT2D eigenvalue weighted by Gasteiger charge is -2.20. The SMILES string of the molecule is Cc1ccc(S(=O)(=O)NC2=[NH+]C[NH+](Cc3ccccc3)CN2)cc1. The Hall–Kier alpha value is -2.38. The highest BCUT2D eigenvalue weighted by Gasteiger charge is 2.26. The van der Waals surface area contributed by atoms with Crippen molar-refractivity contribution in [2.75, 3.05) is 13.3 Å². The Morgan fingerprint density at radius 2 is 1.83 bits per heavy atom. The van der Waals surface area contributed by atoms with E-state index in [4.69, 9.17) is 0 Å². The lowest BCUT2D eigenvalue weighted by molar-refractivity contribution is -0.991. The lowest BCUT2D eigenvalue weighted by atomic mass is 10.2. The van der Waals surface area contributed by atoms with Crippen molar-refractivity contribution in [3.05, 3.63) is 65.7 Å². The number of benzene rings is 2. The number of guanidine groups is 1. The van der Waals surface area contributed by atoms with Crippen LogP contribution in [0.3, 0.4) is 0 Å². The molecule has 0 aliphatic carbocycles. The monoisotopic (exact) mass is 346 g/mol. The first-order chi connectivity index (χ1) is 11.5. The zero-order valence-electron chi connectivity index (χ0n) is 13.5. The van der Waals surface area contributed by atoms with E-state index in [1.54, 1.807) is 24.3 Å². The number of hydrogen-bond donors (Lipinski definition) is 4. The summed E-state index contributed by atoms with van der Waals surface area (Å²) in [4.78, 5) is 4.64. The molecule has 0 amide bonds. The quantitative estimate of drug-likeness (QED) is 0.534. The average molecular weight is 346 g/mol. The van der Waals surface area contributed by atoms with Crippen molar-refractivity contribution in [1.82, 2.24) is 10.0 Å². The van der Waals surface area contributed by atoms with Crippen LogP contribution in [0.5, 0.6) is 0 Å². The Balaban J connectivity index is 1.62. The molecule has 0 fully saturated rings. The Morgan fingerprint density at radius 3 is 2.46 bits per heavy atom. The second-order valence-corrected chi connectivity index (χ2v) is 7.60. The van der Waals surface area contributed by atoms with Gasteiger partial charge in [-0.15, -0.1) is 0 Å². The number of sulfonamides is 1. The van der Waals surface area contributed by atoms with Gasteiger partial charge in [0.1, 0.15) is 11.4 Å². The summed E-state index contributed by atoms with van der Waals surface area (Å²) in [7, 11) is -3.57. The first-order valence-corrected chi connectivity index (χ1v) is 9.33. The van der Waals surface area contributed by atoms with Crippen molar-refractivity contribution >= 4 is 16.0 Å². The van der Waals surface area contributed by atoms with Crippen LogP contribution in [-0.4, -0.2) is 27.7 Å². The fraction of sp³-hybridized carbons (Fsp3) is 0.235. The van der Waals surface area contributed by atoms with Gasteiger partial charge in [-0.3, -0.25) is 4.90 Å².